The van der Waals surface area contributed by atoms with E-state index in [9.17, 15) is 18.0 Å². The summed E-state index contributed by atoms with van der Waals surface area (Å²) in [6.45, 7) is 1.95. The molecule has 0 saturated heterocycles. The van der Waals surface area contributed by atoms with Crippen molar-refractivity contribution >= 4 is 21.6 Å². The molecule has 1 aromatic rings. The van der Waals surface area contributed by atoms with Gasteiger partial charge in [0.25, 0.3) is 0 Å². The minimum Gasteiger partial charge on any atom is -0.463 e. The molecule has 2 fully saturated rings. The van der Waals surface area contributed by atoms with E-state index in [1.165, 1.54) is 30.7 Å². The van der Waals surface area contributed by atoms with Crippen molar-refractivity contribution in [3.05, 3.63) is 106 Å². The number of Topliss-reactive ketones (excluding diaryl/α,β-unsaturated/α-hetero) is 1. The van der Waals surface area contributed by atoms with E-state index in [4.69, 9.17) is 4.74 Å². The summed E-state index contributed by atoms with van der Waals surface area (Å²) < 4.78 is 29.3. The first-order valence-corrected chi connectivity index (χ1v) is 10.7. The van der Waals surface area contributed by atoms with Gasteiger partial charge < -0.3 is 4.74 Å². The first kappa shape index (κ1) is 26.6. The molecule has 0 bridgehead atoms. The molecule has 0 unspecified atom stereocenters. The maximum Gasteiger partial charge on any atom is 2.00 e. The molecule has 156 valence electrons. The Hall–Kier alpha value is -1.43. The van der Waals surface area contributed by atoms with E-state index in [2.05, 4.69) is 0 Å². The standard InChI is InChI=1S/C18H17O5S.C5H5.Fe/c1-2-23-18(20)12-11-14-7-6-10-16(14)17(19)13-24(21,22)15-8-4-3-5-9-15;1-2-4-5-3-1;/h3-12H,2,13H2,1H3;1-5H;/q;;+2/b12-11+;;. The van der Waals surface area contributed by atoms with Crippen LogP contribution in [0.4, 0.5) is 0 Å². The SMILES string of the molecule is CCOC(=O)/C=C/[C]1[CH][CH][CH][C]1C(=O)CS(=O)(=O)c1ccccc1.[CH]1[CH][CH][CH][CH]1.[Fe+2]. The van der Waals surface area contributed by atoms with E-state index in [1.807, 2.05) is 32.1 Å². The van der Waals surface area contributed by atoms with Crippen LogP contribution in [0.25, 0.3) is 0 Å². The predicted octanol–water partition coefficient (Wildman–Crippen LogP) is 2.94. The molecule has 5 nitrogen and oxygen atoms in total. The summed E-state index contributed by atoms with van der Waals surface area (Å²) in [6, 6.07) is 7.82. The zero-order chi connectivity index (χ0) is 21.1. The van der Waals surface area contributed by atoms with Crippen molar-refractivity contribution in [2.75, 3.05) is 12.4 Å². The Morgan fingerprint density at radius 1 is 0.933 bits per heavy atom. The molecule has 2 saturated carbocycles. The van der Waals surface area contributed by atoms with Gasteiger partial charge in [-0.05, 0) is 70.4 Å². The zero-order valence-corrected chi connectivity index (χ0v) is 18.3. The fourth-order valence-corrected chi connectivity index (χ4v) is 3.70. The molecule has 0 N–H and O–H groups in total. The maximum atomic E-state index is 12.4. The minimum absolute atomic E-state index is 0. The molecular weight excluding hydrogens is 444 g/mol. The number of ketones is 1. The summed E-state index contributed by atoms with van der Waals surface area (Å²) in [5.41, 5.74) is 0. The summed E-state index contributed by atoms with van der Waals surface area (Å²) in [4.78, 5) is 23.8. The Morgan fingerprint density at radius 2 is 1.53 bits per heavy atom. The van der Waals surface area contributed by atoms with Crippen LogP contribution in [0.2, 0.25) is 0 Å². The van der Waals surface area contributed by atoms with Crippen LogP contribution in [0.15, 0.2) is 47.4 Å². The van der Waals surface area contributed by atoms with Crippen molar-refractivity contribution in [3.8, 4) is 0 Å². The first-order chi connectivity index (χ1) is 13.9. The van der Waals surface area contributed by atoms with E-state index in [0.717, 1.165) is 0 Å². The maximum absolute atomic E-state index is 12.4. The number of rotatable bonds is 7. The van der Waals surface area contributed by atoms with Crippen LogP contribution in [0.1, 0.15) is 6.92 Å². The van der Waals surface area contributed by atoms with Gasteiger partial charge in [-0.1, -0.05) is 24.3 Å². The first-order valence-electron chi connectivity index (χ1n) is 9.02. The Labute approximate surface area is 191 Å². The van der Waals surface area contributed by atoms with Gasteiger partial charge >= 0.3 is 23.0 Å². The molecule has 1 aromatic carbocycles. The van der Waals surface area contributed by atoms with Gasteiger partial charge in [-0.2, -0.15) is 0 Å². The second-order valence-electron chi connectivity index (χ2n) is 5.94. The average molecular weight is 466 g/mol. The van der Waals surface area contributed by atoms with Crippen LogP contribution in [0.3, 0.4) is 0 Å². The van der Waals surface area contributed by atoms with Crippen LogP contribution in [-0.4, -0.2) is 32.5 Å². The Kier molecular flexibility index (Phi) is 12.2. The fraction of sp³-hybridized carbons (Fsp3) is 0.130. The monoisotopic (exact) mass is 466 g/mol. The molecule has 0 aliphatic heterocycles. The number of hydrogen-bond donors (Lipinski definition) is 0. The van der Waals surface area contributed by atoms with Gasteiger partial charge in [0.05, 0.1) is 17.4 Å². The van der Waals surface area contributed by atoms with Crippen LogP contribution < -0.4 is 0 Å². The molecule has 0 atom stereocenters. The zero-order valence-electron chi connectivity index (χ0n) is 16.4. The third-order valence-corrected chi connectivity index (χ3v) is 5.45. The van der Waals surface area contributed by atoms with Crippen LogP contribution >= 0.6 is 0 Å². The summed E-state index contributed by atoms with van der Waals surface area (Å²) in [5, 5.41) is 0. The number of ether oxygens (including phenoxy) is 1. The molecule has 7 heteroatoms. The number of carbonyl (C=O) groups excluding carboxylic acids is 2. The second kappa shape index (κ2) is 13.8. The van der Waals surface area contributed by atoms with Gasteiger partial charge in [-0.3, -0.25) is 4.79 Å². The largest absolute Gasteiger partial charge is 2.00 e. The van der Waals surface area contributed by atoms with E-state index < -0.39 is 27.3 Å². The summed E-state index contributed by atoms with van der Waals surface area (Å²) in [6.07, 6.45) is 17.5. The molecule has 0 aromatic heterocycles. The summed E-state index contributed by atoms with van der Waals surface area (Å²) in [5.74, 6) is -0.922. The van der Waals surface area contributed by atoms with Crippen molar-refractivity contribution in [1.82, 2.24) is 0 Å². The Balaban J connectivity index is 0.000000655. The van der Waals surface area contributed by atoms with Crippen molar-refractivity contribution < 1.29 is 39.8 Å². The van der Waals surface area contributed by atoms with E-state index in [0.29, 0.717) is 5.92 Å². The third kappa shape index (κ3) is 8.74. The van der Waals surface area contributed by atoms with E-state index >= 15 is 0 Å². The number of sulfone groups is 1. The Bertz CT molecular complexity index is 777. The average Bonchev–Trinajstić information content (AvgIpc) is 3.42. The van der Waals surface area contributed by atoms with Crippen LogP contribution in [0.5, 0.6) is 0 Å². The molecular formula is C23H22FeO5S+2. The quantitative estimate of drug-likeness (QED) is 0.351. The van der Waals surface area contributed by atoms with Crippen LogP contribution in [0, 0.1) is 63.2 Å². The van der Waals surface area contributed by atoms with E-state index in [-0.39, 0.29) is 34.5 Å². The van der Waals surface area contributed by atoms with Crippen molar-refractivity contribution in [1.29, 1.82) is 0 Å². The van der Waals surface area contributed by atoms with Gasteiger partial charge in [0.15, 0.2) is 15.6 Å². The number of benzene rings is 1. The molecule has 2 aliphatic carbocycles. The smallest absolute Gasteiger partial charge is 0.463 e. The minimum atomic E-state index is -3.71. The van der Waals surface area contributed by atoms with Crippen molar-refractivity contribution in [2.24, 2.45) is 0 Å². The van der Waals surface area contributed by atoms with Crippen LogP contribution in [-0.2, 0) is 41.2 Å². The molecule has 3 rings (SSSR count). The molecule has 10 radical (unpaired) electrons. The fourth-order valence-electron chi connectivity index (χ4n) is 2.46. The normalized spacial score (nSPS) is 17.2. The summed E-state index contributed by atoms with van der Waals surface area (Å²) >= 11 is 0. The predicted molar refractivity (Wildman–Crippen MR) is 110 cm³/mol. The Morgan fingerprint density at radius 3 is 2.10 bits per heavy atom. The number of hydrogen-bond acceptors (Lipinski definition) is 5. The van der Waals surface area contributed by atoms with Crippen molar-refractivity contribution in [3.63, 3.8) is 0 Å². The van der Waals surface area contributed by atoms with Gasteiger partial charge in [0.1, 0.15) is 5.75 Å². The molecule has 0 amide bonds. The molecule has 30 heavy (non-hydrogen) atoms. The topological polar surface area (TPSA) is 77.5 Å². The molecule has 0 heterocycles. The molecule has 2 aliphatic rings. The van der Waals surface area contributed by atoms with Gasteiger partial charge in [-0.25, -0.2) is 13.2 Å². The van der Waals surface area contributed by atoms with E-state index in [1.54, 1.807) is 38.0 Å². The second-order valence-corrected chi connectivity index (χ2v) is 7.93. The third-order valence-electron chi connectivity index (χ3n) is 3.81. The number of esters is 1. The summed E-state index contributed by atoms with van der Waals surface area (Å²) in [7, 11) is -3.71. The number of carbonyl (C=O) groups is 2. The number of allylic oxidation sites excluding steroid dienone is 1. The van der Waals surface area contributed by atoms with Crippen molar-refractivity contribution in [2.45, 2.75) is 11.8 Å². The van der Waals surface area contributed by atoms with Gasteiger partial charge in [0.2, 0.25) is 0 Å². The van der Waals surface area contributed by atoms with Gasteiger partial charge in [-0.15, -0.1) is 0 Å². The molecule has 0 spiro atoms. The van der Waals surface area contributed by atoms with Gasteiger partial charge in [0, 0.05) is 12.0 Å².